The van der Waals surface area contributed by atoms with Crippen molar-refractivity contribution in [2.24, 2.45) is 0 Å². The van der Waals surface area contributed by atoms with Crippen LogP contribution >= 0.6 is 0 Å². The number of benzene rings is 1. The van der Waals surface area contributed by atoms with E-state index in [4.69, 9.17) is 9.84 Å². The number of hydrogen-bond acceptors (Lipinski definition) is 3. The van der Waals surface area contributed by atoms with E-state index in [2.05, 4.69) is 0 Å². The maximum Gasteiger partial charge on any atom is 0.416 e. The van der Waals surface area contributed by atoms with Crippen molar-refractivity contribution in [3.8, 4) is 0 Å². The first-order chi connectivity index (χ1) is 10.8. The molecule has 1 N–H and O–H groups in total. The van der Waals surface area contributed by atoms with Gasteiger partial charge >= 0.3 is 12.1 Å². The minimum Gasteiger partial charge on any atom is -0.481 e. The van der Waals surface area contributed by atoms with Crippen LogP contribution in [0.3, 0.4) is 0 Å². The summed E-state index contributed by atoms with van der Waals surface area (Å²) in [6.45, 7) is 0.796. The van der Waals surface area contributed by atoms with E-state index in [0.717, 1.165) is 12.1 Å². The molecule has 126 valence electrons. The lowest BCUT2D eigenvalue weighted by Gasteiger charge is -2.33. The number of ether oxygens (including phenoxy) is 1. The number of amides is 1. The van der Waals surface area contributed by atoms with Gasteiger partial charge in [0.1, 0.15) is 6.10 Å². The van der Waals surface area contributed by atoms with E-state index in [1.165, 1.54) is 17.0 Å². The first-order valence-electron chi connectivity index (χ1n) is 7.05. The number of carboxylic acids is 1. The van der Waals surface area contributed by atoms with Crippen molar-refractivity contribution in [1.82, 2.24) is 4.90 Å². The lowest BCUT2D eigenvalue weighted by molar-refractivity contribution is -0.144. The number of carbonyl (C=O) groups excluding carboxylic acids is 1. The highest BCUT2D eigenvalue weighted by atomic mass is 19.4. The molecule has 1 unspecified atom stereocenters. The van der Waals surface area contributed by atoms with Crippen LogP contribution in [-0.2, 0) is 20.5 Å². The van der Waals surface area contributed by atoms with Crippen LogP contribution in [0.4, 0.5) is 13.2 Å². The fraction of sp³-hybridized carbons (Fsp3) is 0.467. The molecule has 0 spiro atoms. The smallest absolute Gasteiger partial charge is 0.416 e. The zero-order valence-corrected chi connectivity index (χ0v) is 12.2. The topological polar surface area (TPSA) is 66.8 Å². The van der Waals surface area contributed by atoms with E-state index in [9.17, 15) is 22.8 Å². The molecule has 1 aliphatic rings. The normalized spacial score (nSPS) is 18.7. The van der Waals surface area contributed by atoms with Gasteiger partial charge in [0.2, 0.25) is 5.91 Å². The summed E-state index contributed by atoms with van der Waals surface area (Å²) in [4.78, 5) is 23.9. The summed E-state index contributed by atoms with van der Waals surface area (Å²) < 4.78 is 43.1. The number of carbonyl (C=O) groups is 2. The third-order valence-electron chi connectivity index (χ3n) is 3.58. The van der Waals surface area contributed by atoms with Gasteiger partial charge in [-0.05, 0) is 17.7 Å². The van der Waals surface area contributed by atoms with E-state index in [-0.39, 0.29) is 31.9 Å². The average molecular weight is 331 g/mol. The molecule has 1 saturated heterocycles. The SMILES string of the molecule is O=C(O)CCC(=O)N1CCOC(c2ccc(C(F)(F)F)cc2)C1. The molecule has 1 heterocycles. The molecule has 1 fully saturated rings. The van der Waals surface area contributed by atoms with Crippen molar-refractivity contribution in [3.05, 3.63) is 35.4 Å². The van der Waals surface area contributed by atoms with Gasteiger partial charge in [0.25, 0.3) is 0 Å². The zero-order valence-electron chi connectivity index (χ0n) is 12.2. The number of halogens is 3. The summed E-state index contributed by atoms with van der Waals surface area (Å²) in [7, 11) is 0. The van der Waals surface area contributed by atoms with Crippen molar-refractivity contribution < 1.29 is 32.6 Å². The predicted octanol–water partition coefficient (Wildman–Crippen LogP) is 2.47. The van der Waals surface area contributed by atoms with Crippen LogP contribution < -0.4 is 0 Å². The standard InChI is InChI=1S/C15H16F3NO4/c16-15(17,18)11-3-1-10(2-4-11)12-9-19(7-8-23-12)13(20)5-6-14(21)22/h1-4,12H,5-9H2,(H,21,22). The van der Waals surface area contributed by atoms with E-state index >= 15 is 0 Å². The Labute approximate surface area is 130 Å². The van der Waals surface area contributed by atoms with E-state index in [1.807, 2.05) is 0 Å². The summed E-state index contributed by atoms with van der Waals surface area (Å²) >= 11 is 0. The Bertz CT molecular complexity index is 571. The molecule has 0 radical (unpaired) electrons. The number of alkyl halides is 3. The minimum atomic E-state index is -4.40. The molecule has 0 saturated carbocycles. The molecular formula is C15H16F3NO4. The fourth-order valence-electron chi connectivity index (χ4n) is 2.34. The molecule has 23 heavy (non-hydrogen) atoms. The average Bonchev–Trinajstić information content (AvgIpc) is 2.52. The fourth-order valence-corrected chi connectivity index (χ4v) is 2.34. The van der Waals surface area contributed by atoms with Crippen LogP contribution in [0.5, 0.6) is 0 Å². The van der Waals surface area contributed by atoms with Crippen LogP contribution in [0.1, 0.15) is 30.1 Å². The molecule has 5 nitrogen and oxygen atoms in total. The number of hydrogen-bond donors (Lipinski definition) is 1. The molecule has 8 heteroatoms. The molecule has 1 aromatic rings. The Balaban J connectivity index is 2.00. The third-order valence-corrected chi connectivity index (χ3v) is 3.58. The Morgan fingerprint density at radius 3 is 2.43 bits per heavy atom. The highest BCUT2D eigenvalue weighted by Crippen LogP contribution is 2.31. The first-order valence-corrected chi connectivity index (χ1v) is 7.05. The van der Waals surface area contributed by atoms with Crippen LogP contribution in [-0.4, -0.2) is 41.6 Å². The van der Waals surface area contributed by atoms with Crippen molar-refractivity contribution in [1.29, 1.82) is 0 Å². The van der Waals surface area contributed by atoms with Gasteiger partial charge in [-0.2, -0.15) is 13.2 Å². The largest absolute Gasteiger partial charge is 0.481 e. The van der Waals surface area contributed by atoms with Gasteiger partial charge in [-0.3, -0.25) is 9.59 Å². The molecule has 0 aromatic heterocycles. The lowest BCUT2D eigenvalue weighted by Crippen LogP contribution is -2.42. The number of carboxylic acid groups (broad SMARTS) is 1. The van der Waals surface area contributed by atoms with Gasteiger partial charge in [0.15, 0.2) is 0 Å². The lowest BCUT2D eigenvalue weighted by atomic mass is 10.0. The van der Waals surface area contributed by atoms with Crippen molar-refractivity contribution >= 4 is 11.9 Å². The molecule has 0 bridgehead atoms. The summed E-state index contributed by atoms with van der Waals surface area (Å²) in [5, 5.41) is 8.60. The Morgan fingerprint density at radius 2 is 1.87 bits per heavy atom. The van der Waals surface area contributed by atoms with Crippen LogP contribution in [0.15, 0.2) is 24.3 Å². The quantitative estimate of drug-likeness (QED) is 0.920. The molecule has 1 aromatic carbocycles. The van der Waals surface area contributed by atoms with E-state index in [1.54, 1.807) is 0 Å². The highest BCUT2D eigenvalue weighted by molar-refractivity contribution is 5.80. The molecule has 1 atom stereocenters. The molecule has 1 aliphatic heterocycles. The van der Waals surface area contributed by atoms with Crippen molar-refractivity contribution in [2.75, 3.05) is 19.7 Å². The Kier molecular flexibility index (Phi) is 5.25. The van der Waals surface area contributed by atoms with Gasteiger partial charge < -0.3 is 14.7 Å². The Hall–Kier alpha value is -2.09. The van der Waals surface area contributed by atoms with Crippen LogP contribution in [0.25, 0.3) is 0 Å². The maximum absolute atomic E-state index is 12.5. The maximum atomic E-state index is 12.5. The van der Waals surface area contributed by atoms with Gasteiger partial charge in [-0.25, -0.2) is 0 Å². The third kappa shape index (κ3) is 4.69. The summed E-state index contributed by atoms with van der Waals surface area (Å²) in [6, 6.07) is 4.62. The van der Waals surface area contributed by atoms with Crippen molar-refractivity contribution in [3.63, 3.8) is 0 Å². The summed E-state index contributed by atoms with van der Waals surface area (Å²) in [5.74, 6) is -1.35. The summed E-state index contributed by atoms with van der Waals surface area (Å²) in [6.07, 6.45) is -5.26. The van der Waals surface area contributed by atoms with Crippen molar-refractivity contribution in [2.45, 2.75) is 25.1 Å². The minimum absolute atomic E-state index is 0.102. The van der Waals surface area contributed by atoms with Gasteiger partial charge in [0.05, 0.1) is 25.1 Å². The van der Waals surface area contributed by atoms with E-state index < -0.39 is 23.8 Å². The summed E-state index contributed by atoms with van der Waals surface area (Å²) in [5.41, 5.74) is -0.194. The highest BCUT2D eigenvalue weighted by Gasteiger charge is 2.31. The van der Waals surface area contributed by atoms with Gasteiger partial charge in [0, 0.05) is 13.0 Å². The first kappa shape index (κ1) is 17.3. The van der Waals surface area contributed by atoms with Crippen LogP contribution in [0, 0.1) is 0 Å². The number of aliphatic carboxylic acids is 1. The zero-order chi connectivity index (χ0) is 17.0. The monoisotopic (exact) mass is 331 g/mol. The second-order valence-electron chi connectivity index (χ2n) is 5.21. The van der Waals surface area contributed by atoms with Gasteiger partial charge in [-0.1, -0.05) is 12.1 Å². The van der Waals surface area contributed by atoms with Gasteiger partial charge in [-0.15, -0.1) is 0 Å². The molecule has 0 aliphatic carbocycles. The predicted molar refractivity (Wildman–Crippen MR) is 73.6 cm³/mol. The second kappa shape index (κ2) is 6.99. The number of morpholine rings is 1. The molecule has 1 amide bonds. The van der Waals surface area contributed by atoms with E-state index in [0.29, 0.717) is 12.1 Å². The number of nitrogens with zero attached hydrogens (tertiary/aromatic N) is 1. The molecular weight excluding hydrogens is 315 g/mol. The van der Waals surface area contributed by atoms with Crippen LogP contribution in [0.2, 0.25) is 0 Å². The Morgan fingerprint density at radius 1 is 1.22 bits per heavy atom. The molecule has 2 rings (SSSR count). The second-order valence-corrected chi connectivity index (χ2v) is 5.21. The number of rotatable bonds is 4.